The fraction of sp³-hybridized carbons (Fsp3) is 0.208. The van der Waals surface area contributed by atoms with Crippen molar-refractivity contribution in [2.24, 2.45) is 4.99 Å². The molecule has 0 bridgehead atoms. The maximum Gasteiger partial charge on any atom is 0.169 e. The molecule has 2 heterocycles. The second kappa shape index (κ2) is 6.36. The molecule has 0 amide bonds. The summed E-state index contributed by atoms with van der Waals surface area (Å²) in [5.74, 6) is 0.928. The number of amidine groups is 1. The quantitative estimate of drug-likeness (QED) is 0.748. The van der Waals surface area contributed by atoms with Crippen LogP contribution in [0.15, 0.2) is 83.9 Å². The van der Waals surface area contributed by atoms with Crippen molar-refractivity contribution in [1.29, 1.82) is 0 Å². The van der Waals surface area contributed by atoms with Crippen LogP contribution in [0, 0.1) is 0 Å². The number of hydrogen-bond acceptors (Lipinski definition) is 3. The molecule has 0 saturated heterocycles. The number of hydrogen-bond donors (Lipinski definition) is 1. The van der Waals surface area contributed by atoms with Crippen molar-refractivity contribution in [3.8, 4) is 11.1 Å². The largest absolute Gasteiger partial charge is 0.366 e. The minimum Gasteiger partial charge on any atom is -0.366 e. The van der Waals surface area contributed by atoms with Crippen molar-refractivity contribution in [1.82, 2.24) is 4.90 Å². The molecule has 0 radical (unpaired) electrons. The summed E-state index contributed by atoms with van der Waals surface area (Å²) in [6.07, 6.45) is 1.54. The van der Waals surface area contributed by atoms with Gasteiger partial charge in [0.25, 0.3) is 0 Å². The molecule has 0 fully saturated rings. The van der Waals surface area contributed by atoms with E-state index in [1.165, 1.54) is 5.56 Å². The molecular weight excluding hydrogens is 332 g/mol. The maximum absolute atomic E-state index is 11.8. The minimum atomic E-state index is -1.05. The first-order valence-corrected chi connectivity index (χ1v) is 9.54. The van der Waals surface area contributed by atoms with Gasteiger partial charge in [0.1, 0.15) is 5.84 Å². The van der Waals surface area contributed by atoms with Gasteiger partial charge in [-0.1, -0.05) is 78.9 Å². The molecule has 2 aliphatic heterocycles. The Balaban J connectivity index is 1.58. The Morgan fingerprint density at radius 2 is 1.52 bits per heavy atom. The van der Waals surface area contributed by atoms with Gasteiger partial charge >= 0.3 is 0 Å². The fourth-order valence-corrected chi connectivity index (χ4v) is 4.27. The zero-order valence-electron chi connectivity index (χ0n) is 15.2. The van der Waals surface area contributed by atoms with E-state index in [9.17, 15) is 5.11 Å². The van der Waals surface area contributed by atoms with Gasteiger partial charge in [-0.3, -0.25) is 4.99 Å². The van der Waals surface area contributed by atoms with E-state index in [-0.39, 0.29) is 0 Å². The lowest BCUT2D eigenvalue weighted by Crippen LogP contribution is -2.56. The Kier molecular flexibility index (Phi) is 3.83. The summed E-state index contributed by atoms with van der Waals surface area (Å²) in [5, 5.41) is 11.8. The summed E-state index contributed by atoms with van der Waals surface area (Å²) >= 11 is 0. The zero-order chi connectivity index (χ0) is 18.3. The Hall–Kier alpha value is -2.91. The Bertz CT molecular complexity index is 994. The predicted octanol–water partition coefficient (Wildman–Crippen LogP) is 4.21. The standard InChI is InChI=1S/C24H22N2O/c27-24(21-13-11-19(12-14-21)18-7-2-1-3-8-18)17-20-9-4-5-10-22(20)23-25-15-6-16-26(23)24/h1-5,7-14,27H,6,15-17H2. The van der Waals surface area contributed by atoms with E-state index in [1.54, 1.807) is 0 Å². The van der Waals surface area contributed by atoms with E-state index in [1.807, 2.05) is 30.3 Å². The lowest BCUT2D eigenvalue weighted by atomic mass is 9.84. The number of fused-ring (bicyclic) bond motifs is 3. The predicted molar refractivity (Wildman–Crippen MR) is 109 cm³/mol. The molecule has 1 atom stereocenters. The molecule has 5 rings (SSSR count). The van der Waals surface area contributed by atoms with E-state index < -0.39 is 5.72 Å². The summed E-state index contributed by atoms with van der Waals surface area (Å²) in [6, 6.07) is 27.0. The van der Waals surface area contributed by atoms with Gasteiger partial charge in [-0.25, -0.2) is 0 Å². The summed E-state index contributed by atoms with van der Waals surface area (Å²) in [7, 11) is 0. The fourth-order valence-electron chi connectivity index (χ4n) is 4.27. The van der Waals surface area contributed by atoms with Crippen molar-refractivity contribution < 1.29 is 5.11 Å². The summed E-state index contributed by atoms with van der Waals surface area (Å²) in [4.78, 5) is 6.86. The number of rotatable bonds is 2. The van der Waals surface area contributed by atoms with Crippen LogP contribution in [0.4, 0.5) is 0 Å². The number of nitrogens with zero attached hydrogens (tertiary/aromatic N) is 2. The third kappa shape index (κ3) is 2.66. The van der Waals surface area contributed by atoms with Crippen LogP contribution in [0.5, 0.6) is 0 Å². The minimum absolute atomic E-state index is 0.576. The van der Waals surface area contributed by atoms with Crippen LogP contribution < -0.4 is 0 Å². The Morgan fingerprint density at radius 3 is 2.33 bits per heavy atom. The van der Waals surface area contributed by atoms with Crippen molar-refractivity contribution in [2.45, 2.75) is 18.6 Å². The monoisotopic (exact) mass is 354 g/mol. The third-order valence-electron chi connectivity index (χ3n) is 5.65. The van der Waals surface area contributed by atoms with Gasteiger partial charge in [0, 0.05) is 30.6 Å². The van der Waals surface area contributed by atoms with E-state index in [0.29, 0.717) is 6.42 Å². The van der Waals surface area contributed by atoms with Gasteiger partial charge in [0.15, 0.2) is 5.72 Å². The topological polar surface area (TPSA) is 35.8 Å². The molecule has 3 nitrogen and oxygen atoms in total. The second-order valence-electron chi connectivity index (χ2n) is 7.30. The van der Waals surface area contributed by atoms with Crippen LogP contribution in [0.3, 0.4) is 0 Å². The van der Waals surface area contributed by atoms with Crippen LogP contribution in [0.2, 0.25) is 0 Å². The molecular formula is C24H22N2O. The second-order valence-corrected chi connectivity index (χ2v) is 7.30. The van der Waals surface area contributed by atoms with Crippen LogP contribution >= 0.6 is 0 Å². The molecule has 0 spiro atoms. The molecule has 0 aliphatic carbocycles. The van der Waals surface area contributed by atoms with Crippen LogP contribution in [0.25, 0.3) is 11.1 Å². The first kappa shape index (κ1) is 16.3. The van der Waals surface area contributed by atoms with Gasteiger partial charge in [0.05, 0.1) is 0 Å². The van der Waals surface area contributed by atoms with Crippen molar-refractivity contribution in [2.75, 3.05) is 13.1 Å². The maximum atomic E-state index is 11.8. The van der Waals surface area contributed by atoms with E-state index in [0.717, 1.165) is 47.6 Å². The highest BCUT2D eigenvalue weighted by Crippen LogP contribution is 2.39. The summed E-state index contributed by atoms with van der Waals surface area (Å²) in [6.45, 7) is 1.65. The van der Waals surface area contributed by atoms with Gasteiger partial charge in [0.2, 0.25) is 0 Å². The molecule has 1 N–H and O–H groups in total. The molecule has 1 unspecified atom stereocenters. The SMILES string of the molecule is OC1(c2ccc(-c3ccccc3)cc2)Cc2ccccc2C2=NCCCN21. The van der Waals surface area contributed by atoms with E-state index in [2.05, 4.69) is 53.4 Å². The molecule has 3 heteroatoms. The van der Waals surface area contributed by atoms with Gasteiger partial charge in [-0.2, -0.15) is 0 Å². The highest BCUT2D eigenvalue weighted by Gasteiger charge is 2.44. The average Bonchev–Trinajstić information content (AvgIpc) is 2.75. The number of benzene rings is 3. The lowest BCUT2D eigenvalue weighted by molar-refractivity contribution is -0.0819. The van der Waals surface area contributed by atoms with Crippen molar-refractivity contribution in [3.63, 3.8) is 0 Å². The summed E-state index contributed by atoms with van der Waals surface area (Å²) < 4.78 is 0. The highest BCUT2D eigenvalue weighted by molar-refractivity contribution is 6.02. The Morgan fingerprint density at radius 1 is 0.815 bits per heavy atom. The average molecular weight is 354 g/mol. The van der Waals surface area contributed by atoms with Crippen LogP contribution in [-0.4, -0.2) is 28.9 Å². The van der Waals surface area contributed by atoms with E-state index >= 15 is 0 Å². The van der Waals surface area contributed by atoms with Crippen LogP contribution in [0.1, 0.15) is 23.1 Å². The normalized spacial score (nSPS) is 21.2. The van der Waals surface area contributed by atoms with Gasteiger partial charge < -0.3 is 10.0 Å². The summed E-state index contributed by atoms with van der Waals surface area (Å²) in [5.41, 5.74) is 4.53. The van der Waals surface area contributed by atoms with Gasteiger partial charge in [-0.05, 0) is 23.1 Å². The highest BCUT2D eigenvalue weighted by atomic mass is 16.3. The molecule has 27 heavy (non-hydrogen) atoms. The smallest absolute Gasteiger partial charge is 0.169 e. The molecule has 0 aromatic heterocycles. The molecule has 134 valence electrons. The van der Waals surface area contributed by atoms with Crippen molar-refractivity contribution >= 4 is 5.84 Å². The molecule has 3 aromatic carbocycles. The third-order valence-corrected chi connectivity index (χ3v) is 5.65. The molecule has 2 aliphatic rings. The van der Waals surface area contributed by atoms with E-state index in [4.69, 9.17) is 4.99 Å². The number of aliphatic imine (C=N–C) groups is 1. The van der Waals surface area contributed by atoms with Gasteiger partial charge in [-0.15, -0.1) is 0 Å². The number of aliphatic hydroxyl groups is 1. The first-order valence-electron chi connectivity index (χ1n) is 9.54. The zero-order valence-corrected chi connectivity index (χ0v) is 15.2. The lowest BCUT2D eigenvalue weighted by Gasteiger charge is -2.47. The Labute approximate surface area is 159 Å². The molecule has 0 saturated carbocycles. The van der Waals surface area contributed by atoms with Crippen molar-refractivity contribution in [3.05, 3.63) is 95.6 Å². The van der Waals surface area contributed by atoms with Crippen LogP contribution in [-0.2, 0) is 12.1 Å². The molecule has 3 aromatic rings. The first-order chi connectivity index (χ1) is 13.3.